The molecule has 6 rings (SSSR count). The molecule has 1 amide bonds. The van der Waals surface area contributed by atoms with Crippen molar-refractivity contribution in [2.45, 2.75) is 64.6 Å². The van der Waals surface area contributed by atoms with Crippen molar-refractivity contribution >= 4 is 45.1 Å². The van der Waals surface area contributed by atoms with Crippen molar-refractivity contribution in [1.82, 2.24) is 30.0 Å². The van der Waals surface area contributed by atoms with Crippen molar-refractivity contribution in [3.63, 3.8) is 0 Å². The van der Waals surface area contributed by atoms with Crippen molar-refractivity contribution in [3.8, 4) is 17.1 Å². The van der Waals surface area contributed by atoms with E-state index in [1.165, 1.54) is 6.08 Å². The van der Waals surface area contributed by atoms with E-state index in [9.17, 15) is 4.79 Å². The SMILES string of the molecule is C=CC(=O)N1C[C@H](C)N(c2nc(O[C@H](C)CN(C)C)nc3c(F)c(-c4c(C)ccc5n[nH]c(C6CC6)c45)c(Cl)cc23)C[C@H]1C. The standard InChI is InChI=1S/C33H39ClFN7O2/c1-8-25(43)41-14-19(4)42(15-18(41)3)32-22-13-23(34)27(29(35)31(22)36-33(37-32)44-20(5)16-40(6)7)26-17(2)9-12-24-28(26)30(39-38-24)21-10-11-21/h8-9,12-13,18-21H,1,10-11,14-16H2,2-7H3,(H,38,39)/t18-,19+,20-/m1/s1. The van der Waals surface area contributed by atoms with Gasteiger partial charge in [-0.15, -0.1) is 0 Å². The van der Waals surface area contributed by atoms with Crippen LogP contribution < -0.4 is 9.64 Å². The lowest BCUT2D eigenvalue weighted by Crippen LogP contribution is -2.58. The molecule has 44 heavy (non-hydrogen) atoms. The van der Waals surface area contributed by atoms with Gasteiger partial charge in [0.05, 0.1) is 10.5 Å². The second-order valence-corrected chi connectivity index (χ2v) is 13.0. The number of hydrogen-bond donors (Lipinski definition) is 1. The van der Waals surface area contributed by atoms with Crippen LogP contribution in [0.15, 0.2) is 30.9 Å². The molecule has 1 saturated heterocycles. The molecule has 0 bridgehead atoms. The van der Waals surface area contributed by atoms with Crippen LogP contribution in [0.25, 0.3) is 32.9 Å². The number of aromatic nitrogens is 4. The van der Waals surface area contributed by atoms with E-state index in [1.54, 1.807) is 11.0 Å². The van der Waals surface area contributed by atoms with Gasteiger partial charge < -0.3 is 19.4 Å². The Balaban J connectivity index is 1.55. The topological polar surface area (TPSA) is 90.5 Å². The Kier molecular flexibility index (Phi) is 8.00. The molecule has 3 atom stereocenters. The fourth-order valence-corrected chi connectivity index (χ4v) is 6.75. The number of piperazine rings is 1. The number of rotatable bonds is 8. The van der Waals surface area contributed by atoms with E-state index >= 15 is 4.39 Å². The van der Waals surface area contributed by atoms with E-state index in [4.69, 9.17) is 21.3 Å². The van der Waals surface area contributed by atoms with Crippen molar-refractivity contribution in [1.29, 1.82) is 0 Å². The number of nitrogens with zero attached hydrogens (tertiary/aromatic N) is 6. The van der Waals surface area contributed by atoms with Crippen LogP contribution in [-0.4, -0.2) is 87.8 Å². The molecule has 1 aliphatic heterocycles. The zero-order valence-corrected chi connectivity index (χ0v) is 26.9. The lowest BCUT2D eigenvalue weighted by atomic mass is 9.93. The van der Waals surface area contributed by atoms with Gasteiger partial charge in [0.25, 0.3) is 0 Å². The largest absolute Gasteiger partial charge is 0.459 e. The molecule has 9 nitrogen and oxygen atoms in total. The maximum Gasteiger partial charge on any atom is 0.319 e. The number of nitrogens with one attached hydrogen (secondary N) is 1. The summed E-state index contributed by atoms with van der Waals surface area (Å²) in [4.78, 5) is 27.9. The van der Waals surface area contributed by atoms with Crippen molar-refractivity contribution in [3.05, 3.63) is 53.0 Å². The molecule has 2 aliphatic rings. The zero-order chi connectivity index (χ0) is 31.4. The summed E-state index contributed by atoms with van der Waals surface area (Å²) < 4.78 is 23.3. The minimum Gasteiger partial charge on any atom is -0.459 e. The van der Waals surface area contributed by atoms with Crippen LogP contribution in [-0.2, 0) is 4.79 Å². The first-order valence-electron chi connectivity index (χ1n) is 15.2. The minimum absolute atomic E-state index is 0.0929. The average molecular weight is 620 g/mol. The van der Waals surface area contributed by atoms with E-state index in [0.29, 0.717) is 42.3 Å². The van der Waals surface area contributed by atoms with E-state index in [-0.39, 0.29) is 40.6 Å². The van der Waals surface area contributed by atoms with Crippen LogP contribution in [0.5, 0.6) is 6.01 Å². The number of carbonyl (C=O) groups is 1. The van der Waals surface area contributed by atoms with Crippen LogP contribution in [0.1, 0.15) is 50.8 Å². The van der Waals surface area contributed by atoms with Gasteiger partial charge in [-0.2, -0.15) is 15.1 Å². The maximum absolute atomic E-state index is 17.1. The van der Waals surface area contributed by atoms with Crippen LogP contribution in [0.4, 0.5) is 10.2 Å². The van der Waals surface area contributed by atoms with E-state index in [1.807, 2.05) is 58.8 Å². The second kappa shape index (κ2) is 11.6. The first kappa shape index (κ1) is 30.3. The molecule has 0 unspecified atom stereocenters. The third kappa shape index (κ3) is 5.38. The summed E-state index contributed by atoms with van der Waals surface area (Å²) in [6.45, 7) is 13.1. The van der Waals surface area contributed by atoms with Gasteiger partial charge in [0, 0.05) is 65.2 Å². The predicted molar refractivity (Wildman–Crippen MR) is 173 cm³/mol. The highest BCUT2D eigenvalue weighted by atomic mass is 35.5. The van der Waals surface area contributed by atoms with Crippen LogP contribution in [0.2, 0.25) is 5.02 Å². The monoisotopic (exact) mass is 619 g/mol. The average Bonchev–Trinajstić information content (AvgIpc) is 3.72. The number of likely N-dealkylation sites (N-methyl/N-ethyl adjacent to an activating group) is 1. The van der Waals surface area contributed by atoms with Gasteiger partial charge in [-0.05, 0) is 78.4 Å². The Morgan fingerprint density at radius 2 is 1.98 bits per heavy atom. The van der Waals surface area contributed by atoms with Gasteiger partial charge in [0.15, 0.2) is 5.82 Å². The molecule has 4 aromatic rings. The number of aromatic amines is 1. The van der Waals surface area contributed by atoms with Crippen LogP contribution in [0.3, 0.4) is 0 Å². The second-order valence-electron chi connectivity index (χ2n) is 12.6. The summed E-state index contributed by atoms with van der Waals surface area (Å²) in [5.41, 5.74) is 3.86. The lowest BCUT2D eigenvalue weighted by Gasteiger charge is -2.44. The molecular weight excluding hydrogens is 581 g/mol. The number of aryl methyl sites for hydroxylation is 1. The van der Waals surface area contributed by atoms with E-state index < -0.39 is 5.82 Å². The number of ether oxygens (including phenoxy) is 1. The smallest absolute Gasteiger partial charge is 0.319 e. The number of carbonyl (C=O) groups excluding carboxylic acids is 1. The zero-order valence-electron chi connectivity index (χ0n) is 26.1. The molecule has 11 heteroatoms. The Labute approximate surface area is 262 Å². The molecule has 1 saturated carbocycles. The molecule has 1 N–H and O–H groups in total. The highest BCUT2D eigenvalue weighted by molar-refractivity contribution is 6.35. The van der Waals surface area contributed by atoms with Crippen LogP contribution in [0, 0.1) is 12.7 Å². The minimum atomic E-state index is -0.527. The van der Waals surface area contributed by atoms with Gasteiger partial charge in [-0.3, -0.25) is 9.89 Å². The van der Waals surface area contributed by atoms with Gasteiger partial charge >= 0.3 is 6.01 Å². The number of amides is 1. The first-order valence-corrected chi connectivity index (χ1v) is 15.5. The third-order valence-electron chi connectivity index (χ3n) is 8.68. The van der Waals surface area contributed by atoms with Crippen molar-refractivity contribution < 1.29 is 13.9 Å². The van der Waals surface area contributed by atoms with Gasteiger partial charge in [-0.25, -0.2) is 4.39 Å². The Morgan fingerprint density at radius 1 is 1.23 bits per heavy atom. The summed E-state index contributed by atoms with van der Waals surface area (Å²) >= 11 is 7.03. The highest BCUT2D eigenvalue weighted by Crippen LogP contribution is 2.48. The van der Waals surface area contributed by atoms with Gasteiger partial charge in [-0.1, -0.05) is 24.2 Å². The molecule has 2 aromatic carbocycles. The number of benzene rings is 2. The van der Waals surface area contributed by atoms with E-state index in [2.05, 4.69) is 26.7 Å². The number of H-pyrrole nitrogens is 1. The number of anilines is 1. The number of hydrogen-bond acceptors (Lipinski definition) is 7. The summed E-state index contributed by atoms with van der Waals surface area (Å²) in [7, 11) is 3.92. The molecule has 3 heterocycles. The fourth-order valence-electron chi connectivity index (χ4n) is 6.47. The summed E-state index contributed by atoms with van der Waals surface area (Å²) in [6.07, 6.45) is 3.24. The van der Waals surface area contributed by atoms with Gasteiger partial charge in [0.2, 0.25) is 5.91 Å². The normalized spacial score (nSPS) is 19.7. The number of fused-ring (bicyclic) bond motifs is 2. The molecule has 0 spiro atoms. The van der Waals surface area contributed by atoms with Crippen molar-refractivity contribution in [2.24, 2.45) is 0 Å². The molecule has 2 aromatic heterocycles. The summed E-state index contributed by atoms with van der Waals surface area (Å²) in [5, 5.41) is 9.41. The third-order valence-corrected chi connectivity index (χ3v) is 8.98. The van der Waals surface area contributed by atoms with Crippen molar-refractivity contribution in [2.75, 3.05) is 38.6 Å². The Bertz CT molecular complexity index is 1770. The molecule has 232 valence electrons. The summed E-state index contributed by atoms with van der Waals surface area (Å²) in [6, 6.07) is 5.53. The van der Waals surface area contributed by atoms with E-state index in [0.717, 1.165) is 40.6 Å². The molecule has 0 radical (unpaired) electrons. The summed E-state index contributed by atoms with van der Waals surface area (Å²) in [5.74, 6) is 0.258. The molecule has 2 fully saturated rings. The number of halogens is 2. The molecular formula is C33H39ClFN7O2. The lowest BCUT2D eigenvalue weighted by molar-refractivity contribution is -0.128. The predicted octanol–water partition coefficient (Wildman–Crippen LogP) is 6.09. The first-order chi connectivity index (χ1) is 21.0. The Morgan fingerprint density at radius 3 is 2.66 bits per heavy atom. The maximum atomic E-state index is 17.1. The quantitative estimate of drug-likeness (QED) is 0.239. The Hall–Kier alpha value is -3.76. The fraction of sp³-hybridized carbons (Fsp3) is 0.455. The molecule has 1 aliphatic carbocycles. The highest BCUT2D eigenvalue weighted by Gasteiger charge is 2.35. The van der Waals surface area contributed by atoms with Crippen LogP contribution >= 0.6 is 11.6 Å². The van der Waals surface area contributed by atoms with Gasteiger partial charge in [0.1, 0.15) is 17.4 Å².